The van der Waals surface area contributed by atoms with Gasteiger partial charge < -0.3 is 10.1 Å². The third-order valence-corrected chi connectivity index (χ3v) is 2.28. The largest absolute Gasteiger partial charge is 0.478 e. The molecule has 5 heteroatoms. The van der Waals surface area contributed by atoms with Gasteiger partial charge in [-0.2, -0.15) is 4.98 Å². The third-order valence-electron chi connectivity index (χ3n) is 2.09. The summed E-state index contributed by atoms with van der Waals surface area (Å²) in [5.41, 5.74) is -0.118. The SMILES string of the molecule is CCOc1ccnc(NC(C)(C)CCCl)n1. The highest BCUT2D eigenvalue weighted by atomic mass is 35.5. The fourth-order valence-corrected chi connectivity index (χ4v) is 1.70. The lowest BCUT2D eigenvalue weighted by Crippen LogP contribution is -2.32. The van der Waals surface area contributed by atoms with E-state index in [0.29, 0.717) is 24.3 Å². The lowest BCUT2D eigenvalue weighted by molar-refractivity contribution is 0.326. The van der Waals surface area contributed by atoms with Crippen molar-refractivity contribution in [3.63, 3.8) is 0 Å². The summed E-state index contributed by atoms with van der Waals surface area (Å²) < 4.78 is 5.30. The summed E-state index contributed by atoms with van der Waals surface area (Å²) in [4.78, 5) is 8.39. The predicted molar refractivity (Wildman–Crippen MR) is 66.2 cm³/mol. The lowest BCUT2D eigenvalue weighted by atomic mass is 10.0. The van der Waals surface area contributed by atoms with Gasteiger partial charge in [-0.05, 0) is 27.2 Å². The van der Waals surface area contributed by atoms with E-state index in [2.05, 4.69) is 29.1 Å². The molecule has 0 bridgehead atoms. The molecule has 0 amide bonds. The fourth-order valence-electron chi connectivity index (χ4n) is 1.23. The summed E-state index contributed by atoms with van der Waals surface area (Å²) in [5, 5.41) is 3.23. The Kier molecular flexibility index (Phi) is 4.80. The molecular weight excluding hydrogens is 226 g/mol. The highest BCUT2D eigenvalue weighted by molar-refractivity contribution is 6.17. The second kappa shape index (κ2) is 5.89. The van der Waals surface area contributed by atoms with Crippen LogP contribution in [0.15, 0.2) is 12.3 Å². The van der Waals surface area contributed by atoms with Gasteiger partial charge in [-0.25, -0.2) is 4.98 Å². The molecule has 90 valence electrons. The first-order valence-electron chi connectivity index (χ1n) is 5.37. The van der Waals surface area contributed by atoms with Crippen LogP contribution >= 0.6 is 11.6 Å². The van der Waals surface area contributed by atoms with Crippen molar-refractivity contribution in [1.82, 2.24) is 9.97 Å². The molecule has 0 aromatic carbocycles. The van der Waals surface area contributed by atoms with E-state index in [9.17, 15) is 0 Å². The van der Waals surface area contributed by atoms with Gasteiger partial charge in [0.2, 0.25) is 11.8 Å². The van der Waals surface area contributed by atoms with Crippen LogP contribution in [0.5, 0.6) is 5.88 Å². The van der Waals surface area contributed by atoms with Gasteiger partial charge in [-0.15, -0.1) is 11.6 Å². The topological polar surface area (TPSA) is 47.0 Å². The number of nitrogens with one attached hydrogen (secondary N) is 1. The summed E-state index contributed by atoms with van der Waals surface area (Å²) in [7, 11) is 0. The zero-order valence-corrected chi connectivity index (χ0v) is 10.7. The van der Waals surface area contributed by atoms with E-state index in [0.717, 1.165) is 6.42 Å². The molecule has 0 aliphatic carbocycles. The first-order chi connectivity index (χ1) is 7.57. The van der Waals surface area contributed by atoms with Crippen molar-refractivity contribution in [2.24, 2.45) is 0 Å². The smallest absolute Gasteiger partial charge is 0.226 e. The standard InChI is InChI=1S/C11H18ClN3O/c1-4-16-9-5-8-13-10(14-9)15-11(2,3)6-7-12/h5,8H,4,6-7H2,1-3H3,(H,13,14,15). The highest BCUT2D eigenvalue weighted by Crippen LogP contribution is 2.17. The number of hydrogen-bond donors (Lipinski definition) is 1. The molecule has 0 aliphatic rings. The van der Waals surface area contributed by atoms with Crippen LogP contribution in [0.4, 0.5) is 5.95 Å². The summed E-state index contributed by atoms with van der Waals surface area (Å²) in [5.74, 6) is 1.76. The molecule has 0 fully saturated rings. The number of alkyl halides is 1. The minimum atomic E-state index is -0.118. The van der Waals surface area contributed by atoms with Gasteiger partial charge in [0.25, 0.3) is 0 Å². The predicted octanol–water partition coefficient (Wildman–Crippen LogP) is 2.69. The molecule has 0 saturated heterocycles. The number of rotatable bonds is 6. The summed E-state index contributed by atoms with van der Waals surface area (Å²) in [6.07, 6.45) is 2.52. The molecular formula is C11H18ClN3O. The summed E-state index contributed by atoms with van der Waals surface area (Å²) >= 11 is 5.73. The van der Waals surface area contributed by atoms with Crippen LogP contribution in [-0.2, 0) is 0 Å². The summed E-state index contributed by atoms with van der Waals surface area (Å²) in [6.45, 7) is 6.65. The minimum Gasteiger partial charge on any atom is -0.478 e. The van der Waals surface area contributed by atoms with Crippen molar-refractivity contribution in [1.29, 1.82) is 0 Å². The lowest BCUT2D eigenvalue weighted by Gasteiger charge is -2.25. The average molecular weight is 244 g/mol. The average Bonchev–Trinajstić information content (AvgIpc) is 2.17. The first kappa shape index (κ1) is 13.0. The molecule has 1 aromatic heterocycles. The molecule has 0 saturated carbocycles. The Labute approximate surface area is 101 Å². The monoisotopic (exact) mass is 243 g/mol. The van der Waals surface area contributed by atoms with Crippen LogP contribution in [0, 0.1) is 0 Å². The Bertz CT molecular complexity index is 331. The summed E-state index contributed by atoms with van der Waals surface area (Å²) in [6, 6.07) is 1.74. The van der Waals surface area contributed by atoms with Crippen molar-refractivity contribution >= 4 is 17.5 Å². The highest BCUT2D eigenvalue weighted by Gasteiger charge is 2.17. The van der Waals surface area contributed by atoms with Gasteiger partial charge in [0.15, 0.2) is 0 Å². The van der Waals surface area contributed by atoms with Gasteiger partial charge in [0, 0.05) is 23.7 Å². The van der Waals surface area contributed by atoms with Crippen LogP contribution in [-0.4, -0.2) is 28.0 Å². The van der Waals surface area contributed by atoms with E-state index in [1.54, 1.807) is 12.3 Å². The van der Waals surface area contributed by atoms with Crippen molar-refractivity contribution in [3.8, 4) is 5.88 Å². The number of hydrogen-bond acceptors (Lipinski definition) is 4. The Morgan fingerprint density at radius 2 is 2.25 bits per heavy atom. The molecule has 1 heterocycles. The Morgan fingerprint density at radius 3 is 2.88 bits per heavy atom. The second-order valence-electron chi connectivity index (χ2n) is 4.10. The Hall–Kier alpha value is -1.03. The zero-order chi connectivity index (χ0) is 12.0. The van der Waals surface area contributed by atoms with E-state index >= 15 is 0 Å². The molecule has 16 heavy (non-hydrogen) atoms. The van der Waals surface area contributed by atoms with Gasteiger partial charge in [0.05, 0.1) is 6.61 Å². The molecule has 1 rings (SSSR count). The minimum absolute atomic E-state index is 0.118. The maximum Gasteiger partial charge on any atom is 0.226 e. The van der Waals surface area contributed by atoms with Crippen LogP contribution < -0.4 is 10.1 Å². The Morgan fingerprint density at radius 1 is 1.50 bits per heavy atom. The molecule has 0 unspecified atom stereocenters. The molecule has 0 atom stereocenters. The van der Waals surface area contributed by atoms with Crippen LogP contribution in [0.3, 0.4) is 0 Å². The molecule has 0 radical (unpaired) electrons. The third kappa shape index (κ3) is 4.23. The number of ether oxygens (including phenoxy) is 1. The molecule has 1 N–H and O–H groups in total. The maximum atomic E-state index is 5.73. The van der Waals surface area contributed by atoms with Crippen molar-refractivity contribution in [2.45, 2.75) is 32.7 Å². The fraction of sp³-hybridized carbons (Fsp3) is 0.636. The Balaban J connectivity index is 2.69. The molecule has 0 spiro atoms. The van der Waals surface area contributed by atoms with E-state index in [4.69, 9.17) is 16.3 Å². The number of nitrogens with zero attached hydrogens (tertiary/aromatic N) is 2. The maximum absolute atomic E-state index is 5.73. The van der Waals surface area contributed by atoms with Gasteiger partial charge in [-0.1, -0.05) is 0 Å². The van der Waals surface area contributed by atoms with E-state index < -0.39 is 0 Å². The first-order valence-corrected chi connectivity index (χ1v) is 5.91. The quantitative estimate of drug-likeness (QED) is 0.781. The van der Waals surface area contributed by atoms with E-state index in [1.165, 1.54) is 0 Å². The van der Waals surface area contributed by atoms with E-state index in [-0.39, 0.29) is 5.54 Å². The zero-order valence-electron chi connectivity index (χ0n) is 9.96. The molecule has 4 nitrogen and oxygen atoms in total. The van der Waals surface area contributed by atoms with Gasteiger partial charge in [-0.3, -0.25) is 0 Å². The van der Waals surface area contributed by atoms with Gasteiger partial charge >= 0.3 is 0 Å². The normalized spacial score (nSPS) is 11.2. The molecule has 0 aliphatic heterocycles. The number of halogens is 1. The second-order valence-corrected chi connectivity index (χ2v) is 4.48. The van der Waals surface area contributed by atoms with E-state index in [1.807, 2.05) is 6.92 Å². The van der Waals surface area contributed by atoms with Crippen molar-refractivity contribution in [3.05, 3.63) is 12.3 Å². The number of anilines is 1. The van der Waals surface area contributed by atoms with Crippen LogP contribution in [0.2, 0.25) is 0 Å². The van der Waals surface area contributed by atoms with Crippen LogP contribution in [0.25, 0.3) is 0 Å². The number of aromatic nitrogens is 2. The van der Waals surface area contributed by atoms with Crippen LogP contribution in [0.1, 0.15) is 27.2 Å². The molecule has 1 aromatic rings. The van der Waals surface area contributed by atoms with Crippen molar-refractivity contribution in [2.75, 3.05) is 17.8 Å². The van der Waals surface area contributed by atoms with Gasteiger partial charge in [0.1, 0.15) is 0 Å². The van der Waals surface area contributed by atoms with Crippen molar-refractivity contribution < 1.29 is 4.74 Å².